The lowest BCUT2D eigenvalue weighted by Crippen LogP contribution is -2.16. The molecule has 0 aromatic heterocycles. The first-order valence-corrected chi connectivity index (χ1v) is 18.1. The SMILES string of the molecule is C[Si](C)(C)C#Cc1c2c(=O)c3c(C#C[Si](C)(C)C)c4ccccc4c-3c-2c2ccccc12. The van der Waals surface area contributed by atoms with Crippen molar-refractivity contribution >= 4 is 37.7 Å². The second-order valence-corrected chi connectivity index (χ2v) is 20.2. The Labute approximate surface area is 191 Å². The van der Waals surface area contributed by atoms with Crippen LogP contribution in [-0.2, 0) is 0 Å². The molecule has 3 aliphatic rings. The van der Waals surface area contributed by atoms with Gasteiger partial charge in [0.25, 0.3) is 0 Å². The molecule has 0 saturated carbocycles. The third kappa shape index (κ3) is 3.21. The average molecular weight is 447 g/mol. The van der Waals surface area contributed by atoms with Crippen molar-refractivity contribution in [3.05, 3.63) is 69.9 Å². The molecular weight excluding hydrogens is 420 g/mol. The fourth-order valence-electron chi connectivity index (χ4n) is 4.49. The molecule has 3 aliphatic carbocycles. The summed E-state index contributed by atoms with van der Waals surface area (Å²) in [7, 11) is -3.20. The molecule has 0 atom stereocenters. The van der Waals surface area contributed by atoms with Gasteiger partial charge >= 0.3 is 0 Å². The fourth-order valence-corrected chi connectivity index (χ4v) is 5.49. The van der Waals surface area contributed by atoms with Crippen LogP contribution in [-0.4, -0.2) is 16.1 Å². The van der Waals surface area contributed by atoms with Gasteiger partial charge in [-0.1, -0.05) is 99.7 Å². The Morgan fingerprint density at radius 1 is 0.531 bits per heavy atom. The third-order valence-corrected chi connectivity index (χ3v) is 7.51. The molecule has 0 unspecified atom stereocenters. The van der Waals surface area contributed by atoms with Crippen molar-refractivity contribution in [3.63, 3.8) is 0 Å². The summed E-state index contributed by atoms with van der Waals surface area (Å²) in [5.74, 6) is 6.90. The maximum atomic E-state index is 14.0. The van der Waals surface area contributed by atoms with Gasteiger partial charge in [-0.05, 0) is 21.5 Å². The van der Waals surface area contributed by atoms with E-state index in [1.807, 2.05) is 12.1 Å². The number of fused-ring (bicyclic) bond motifs is 7. The molecule has 0 heterocycles. The second-order valence-electron chi connectivity index (χ2n) is 10.7. The molecule has 2 aromatic rings. The first kappa shape index (κ1) is 20.8. The maximum absolute atomic E-state index is 14.0. The summed E-state index contributed by atoms with van der Waals surface area (Å²) in [6, 6.07) is 16.7. The molecule has 1 nitrogen and oxygen atoms in total. The van der Waals surface area contributed by atoms with Crippen LogP contribution >= 0.6 is 0 Å². The van der Waals surface area contributed by atoms with E-state index in [1.54, 1.807) is 0 Å². The predicted octanol–water partition coefficient (Wildman–Crippen LogP) is 6.90. The molecule has 2 aromatic carbocycles. The molecule has 156 valence electrons. The molecule has 3 heteroatoms. The van der Waals surface area contributed by atoms with Crippen molar-refractivity contribution in [2.75, 3.05) is 0 Å². The summed E-state index contributed by atoms with van der Waals surface area (Å²) < 4.78 is 0. The molecule has 0 fully saturated rings. The fraction of sp³-hybridized carbons (Fsp3) is 0.207. The van der Waals surface area contributed by atoms with Gasteiger partial charge in [0.2, 0.25) is 0 Å². The molecule has 0 aliphatic heterocycles. The van der Waals surface area contributed by atoms with Gasteiger partial charge in [-0.15, -0.1) is 11.1 Å². The Kier molecular flexibility index (Phi) is 4.50. The molecule has 0 saturated heterocycles. The molecule has 0 spiro atoms. The predicted molar refractivity (Wildman–Crippen MR) is 144 cm³/mol. The van der Waals surface area contributed by atoms with Gasteiger partial charge in [0, 0.05) is 33.4 Å². The van der Waals surface area contributed by atoms with Gasteiger partial charge in [0.1, 0.15) is 16.1 Å². The standard InChI is InChI=1S/C29H26OSi2/c1-31(2,3)17-15-23-19-11-7-9-13-21(19)25-26-22-14-10-8-12-20(22)24(16-18-32(4,5)6)28(26)29(30)27(23)25/h7-14H,1-6H3. The van der Waals surface area contributed by atoms with Gasteiger partial charge in [-0.25, -0.2) is 0 Å². The van der Waals surface area contributed by atoms with Crippen LogP contribution in [0.5, 0.6) is 0 Å². The highest BCUT2D eigenvalue weighted by atomic mass is 28.3. The average Bonchev–Trinajstić information content (AvgIpc) is 3.31. The van der Waals surface area contributed by atoms with Gasteiger partial charge in [0.15, 0.2) is 5.43 Å². The smallest absolute Gasteiger partial charge is 0.196 e. The lowest BCUT2D eigenvalue weighted by molar-refractivity contribution is 1.69. The number of benzene rings is 2. The molecule has 0 radical (unpaired) electrons. The minimum atomic E-state index is -1.60. The Hall–Kier alpha value is -3.12. The highest BCUT2D eigenvalue weighted by molar-refractivity contribution is 6.84. The Morgan fingerprint density at radius 3 is 1.22 bits per heavy atom. The van der Waals surface area contributed by atoms with Crippen LogP contribution in [0.1, 0.15) is 11.1 Å². The first-order chi connectivity index (χ1) is 15.1. The van der Waals surface area contributed by atoms with Gasteiger partial charge in [0.05, 0.1) is 0 Å². The summed E-state index contributed by atoms with van der Waals surface area (Å²) in [5, 5.41) is 4.41. The maximum Gasteiger partial charge on any atom is 0.196 e. The summed E-state index contributed by atoms with van der Waals surface area (Å²) in [4.78, 5) is 14.0. The number of rotatable bonds is 0. The largest absolute Gasteiger partial charge is 0.288 e. The Bertz CT molecular complexity index is 1490. The number of hydrogen-bond donors (Lipinski definition) is 0. The van der Waals surface area contributed by atoms with Crippen LogP contribution in [0.3, 0.4) is 0 Å². The molecular formula is C29H26OSi2. The van der Waals surface area contributed by atoms with Crippen LogP contribution < -0.4 is 5.43 Å². The quantitative estimate of drug-likeness (QED) is 0.187. The van der Waals surface area contributed by atoms with Gasteiger partial charge in [-0.3, -0.25) is 4.79 Å². The van der Waals surface area contributed by atoms with E-state index in [2.05, 4.69) is 98.6 Å². The van der Waals surface area contributed by atoms with Crippen molar-refractivity contribution in [2.45, 2.75) is 39.3 Å². The minimum absolute atomic E-state index is 0.0853. The summed E-state index contributed by atoms with van der Waals surface area (Å²) >= 11 is 0. The zero-order valence-corrected chi connectivity index (χ0v) is 21.5. The van der Waals surface area contributed by atoms with E-state index in [4.69, 9.17) is 0 Å². The second kappa shape index (κ2) is 6.94. The van der Waals surface area contributed by atoms with E-state index in [-0.39, 0.29) is 5.43 Å². The zero-order valence-electron chi connectivity index (χ0n) is 19.5. The van der Waals surface area contributed by atoms with Gasteiger partial charge < -0.3 is 0 Å². The highest BCUT2D eigenvalue weighted by Gasteiger charge is 2.34. The topological polar surface area (TPSA) is 17.1 Å². The van der Waals surface area contributed by atoms with E-state index < -0.39 is 16.1 Å². The minimum Gasteiger partial charge on any atom is -0.288 e. The third-order valence-electron chi connectivity index (χ3n) is 5.76. The van der Waals surface area contributed by atoms with Crippen LogP contribution in [0.4, 0.5) is 0 Å². The van der Waals surface area contributed by atoms with E-state index in [0.717, 1.165) is 54.9 Å². The summed E-state index contributed by atoms with van der Waals surface area (Å²) in [6.45, 7) is 13.4. The molecule has 32 heavy (non-hydrogen) atoms. The highest BCUT2D eigenvalue weighted by Crippen LogP contribution is 2.50. The number of hydrogen-bond acceptors (Lipinski definition) is 1. The first-order valence-electron chi connectivity index (χ1n) is 11.1. The van der Waals surface area contributed by atoms with Gasteiger partial charge in [-0.2, -0.15) is 0 Å². The molecule has 0 N–H and O–H groups in total. The zero-order chi connectivity index (χ0) is 22.8. The molecule has 0 bridgehead atoms. The van der Waals surface area contributed by atoms with E-state index >= 15 is 0 Å². The monoisotopic (exact) mass is 446 g/mol. The summed E-state index contributed by atoms with van der Waals surface area (Å²) in [5.41, 5.74) is 12.5. The van der Waals surface area contributed by atoms with Crippen LogP contribution in [0.25, 0.3) is 43.8 Å². The van der Waals surface area contributed by atoms with Crippen molar-refractivity contribution in [2.24, 2.45) is 0 Å². The van der Waals surface area contributed by atoms with E-state index in [1.165, 1.54) is 0 Å². The Morgan fingerprint density at radius 2 is 0.875 bits per heavy atom. The summed E-state index contributed by atoms with van der Waals surface area (Å²) in [6.07, 6.45) is 0. The van der Waals surface area contributed by atoms with Crippen molar-refractivity contribution < 1.29 is 0 Å². The van der Waals surface area contributed by atoms with Crippen LogP contribution in [0, 0.1) is 22.9 Å². The van der Waals surface area contributed by atoms with Crippen LogP contribution in [0.15, 0.2) is 53.3 Å². The van der Waals surface area contributed by atoms with Crippen LogP contribution in [0.2, 0.25) is 39.3 Å². The van der Waals surface area contributed by atoms with Crippen molar-refractivity contribution in [1.29, 1.82) is 0 Å². The van der Waals surface area contributed by atoms with E-state index in [9.17, 15) is 4.79 Å². The lowest BCUT2D eigenvalue weighted by Gasteiger charge is -2.03. The normalized spacial score (nSPS) is 12.3. The van der Waals surface area contributed by atoms with Crippen molar-refractivity contribution in [1.82, 2.24) is 0 Å². The van der Waals surface area contributed by atoms with E-state index in [0.29, 0.717) is 0 Å². The lowest BCUT2D eigenvalue weighted by atomic mass is 10.0. The molecule has 0 amide bonds. The van der Waals surface area contributed by atoms with Crippen molar-refractivity contribution in [3.8, 4) is 45.2 Å². The Balaban J connectivity index is 1.99. The molecule has 5 rings (SSSR count).